The lowest BCUT2D eigenvalue weighted by Gasteiger charge is -2.15. The Morgan fingerprint density at radius 3 is 2.54 bits per heavy atom. The summed E-state index contributed by atoms with van der Waals surface area (Å²) in [6.07, 6.45) is 0.116. The van der Waals surface area contributed by atoms with Crippen LogP contribution in [0.15, 0.2) is 48.5 Å². The van der Waals surface area contributed by atoms with Gasteiger partial charge in [0.25, 0.3) is 0 Å². The lowest BCUT2D eigenvalue weighted by molar-refractivity contribution is -0.121. The van der Waals surface area contributed by atoms with Gasteiger partial charge < -0.3 is 20.7 Å². The van der Waals surface area contributed by atoms with Crippen molar-refractivity contribution in [1.82, 2.24) is 10.6 Å². The number of carbonyl (C=O) groups is 2. The molecule has 0 saturated carbocycles. The number of urea groups is 1. The molecule has 2 aromatic rings. The monoisotopic (exact) mass is 359 g/mol. The quantitative estimate of drug-likeness (QED) is 0.710. The van der Waals surface area contributed by atoms with E-state index in [0.29, 0.717) is 11.3 Å². The van der Waals surface area contributed by atoms with Crippen molar-refractivity contribution in [2.75, 3.05) is 19.0 Å². The van der Waals surface area contributed by atoms with Crippen LogP contribution in [-0.2, 0) is 4.79 Å². The molecule has 2 rings (SSSR count). The zero-order valence-electron chi connectivity index (χ0n) is 14.7. The van der Waals surface area contributed by atoms with Gasteiger partial charge in [-0.3, -0.25) is 4.79 Å². The smallest absolute Gasteiger partial charge is 0.319 e. The largest absolute Gasteiger partial charge is 0.494 e. The third-order valence-corrected chi connectivity index (χ3v) is 3.72. The van der Waals surface area contributed by atoms with Crippen LogP contribution >= 0.6 is 0 Å². The Kier molecular flexibility index (Phi) is 6.96. The number of methoxy groups -OCH3 is 1. The van der Waals surface area contributed by atoms with Crippen molar-refractivity contribution >= 4 is 17.6 Å². The number of para-hydroxylation sites is 1. The van der Waals surface area contributed by atoms with Crippen LogP contribution in [0.5, 0.6) is 5.75 Å². The van der Waals surface area contributed by atoms with Crippen molar-refractivity contribution in [1.29, 1.82) is 0 Å². The molecule has 7 heteroatoms. The van der Waals surface area contributed by atoms with E-state index in [2.05, 4.69) is 16.0 Å². The SMILES string of the molecule is COc1ccc(C(C)NC(=O)CCNC(=O)Nc2ccccc2)cc1F. The maximum Gasteiger partial charge on any atom is 0.319 e. The van der Waals surface area contributed by atoms with Crippen molar-refractivity contribution in [2.45, 2.75) is 19.4 Å². The summed E-state index contributed by atoms with van der Waals surface area (Å²) in [6.45, 7) is 1.95. The molecule has 2 aromatic carbocycles. The van der Waals surface area contributed by atoms with E-state index in [1.807, 2.05) is 18.2 Å². The Labute approximate surface area is 151 Å². The van der Waals surface area contributed by atoms with E-state index in [0.717, 1.165) is 0 Å². The number of hydrogen-bond acceptors (Lipinski definition) is 3. The van der Waals surface area contributed by atoms with Crippen LogP contribution in [0.3, 0.4) is 0 Å². The Hall–Kier alpha value is -3.09. The van der Waals surface area contributed by atoms with E-state index in [1.54, 1.807) is 25.1 Å². The zero-order chi connectivity index (χ0) is 18.9. The van der Waals surface area contributed by atoms with Gasteiger partial charge in [-0.05, 0) is 36.8 Å². The molecule has 26 heavy (non-hydrogen) atoms. The summed E-state index contributed by atoms with van der Waals surface area (Å²) in [7, 11) is 1.39. The zero-order valence-corrected chi connectivity index (χ0v) is 14.7. The fourth-order valence-electron chi connectivity index (χ4n) is 2.34. The van der Waals surface area contributed by atoms with Crippen LogP contribution in [0.4, 0.5) is 14.9 Å². The van der Waals surface area contributed by atoms with Gasteiger partial charge >= 0.3 is 6.03 Å². The van der Waals surface area contributed by atoms with E-state index in [1.165, 1.54) is 19.2 Å². The fraction of sp³-hybridized carbons (Fsp3) is 0.263. The molecule has 138 valence electrons. The number of benzene rings is 2. The summed E-state index contributed by atoms with van der Waals surface area (Å²) in [5.74, 6) is -0.569. The summed E-state index contributed by atoms with van der Waals surface area (Å²) in [4.78, 5) is 23.7. The highest BCUT2D eigenvalue weighted by Crippen LogP contribution is 2.21. The molecule has 0 aliphatic heterocycles. The van der Waals surface area contributed by atoms with Crippen molar-refractivity contribution < 1.29 is 18.7 Å². The normalized spacial score (nSPS) is 11.3. The van der Waals surface area contributed by atoms with E-state index >= 15 is 0 Å². The molecule has 3 amide bonds. The van der Waals surface area contributed by atoms with Crippen LogP contribution in [0.25, 0.3) is 0 Å². The van der Waals surface area contributed by atoms with Crippen LogP contribution in [0.2, 0.25) is 0 Å². The van der Waals surface area contributed by atoms with Crippen molar-refractivity contribution in [3.8, 4) is 5.75 Å². The second kappa shape index (κ2) is 9.41. The Balaban J connectivity index is 1.74. The first-order valence-corrected chi connectivity index (χ1v) is 8.22. The maximum atomic E-state index is 13.7. The Morgan fingerprint density at radius 1 is 1.15 bits per heavy atom. The number of halogens is 1. The number of nitrogens with one attached hydrogen (secondary N) is 3. The maximum absolute atomic E-state index is 13.7. The molecule has 3 N–H and O–H groups in total. The first-order valence-electron chi connectivity index (χ1n) is 8.22. The lowest BCUT2D eigenvalue weighted by atomic mass is 10.1. The summed E-state index contributed by atoms with van der Waals surface area (Å²) < 4.78 is 18.6. The molecule has 1 unspecified atom stereocenters. The van der Waals surface area contributed by atoms with Crippen molar-refractivity contribution in [2.24, 2.45) is 0 Å². The van der Waals surface area contributed by atoms with E-state index in [4.69, 9.17) is 4.74 Å². The molecule has 0 aliphatic carbocycles. The van der Waals surface area contributed by atoms with E-state index in [-0.39, 0.29) is 36.7 Å². The third-order valence-electron chi connectivity index (χ3n) is 3.72. The molecule has 0 aromatic heterocycles. The predicted molar refractivity (Wildman–Crippen MR) is 97.6 cm³/mol. The molecular formula is C19H22FN3O3. The number of hydrogen-bond donors (Lipinski definition) is 3. The first kappa shape index (κ1) is 19.2. The highest BCUT2D eigenvalue weighted by molar-refractivity contribution is 5.89. The van der Waals surface area contributed by atoms with Gasteiger partial charge in [-0.15, -0.1) is 0 Å². The lowest BCUT2D eigenvalue weighted by Crippen LogP contribution is -2.34. The van der Waals surface area contributed by atoms with Gasteiger partial charge in [0.15, 0.2) is 11.6 Å². The molecule has 0 bridgehead atoms. The molecule has 1 atom stereocenters. The van der Waals surface area contributed by atoms with Gasteiger partial charge in [0.2, 0.25) is 5.91 Å². The number of amides is 3. The highest BCUT2D eigenvalue weighted by atomic mass is 19.1. The van der Waals surface area contributed by atoms with E-state index in [9.17, 15) is 14.0 Å². The number of ether oxygens (including phenoxy) is 1. The topological polar surface area (TPSA) is 79.5 Å². The van der Waals surface area contributed by atoms with Gasteiger partial charge in [-0.1, -0.05) is 24.3 Å². The standard InChI is InChI=1S/C19H22FN3O3/c1-13(14-8-9-17(26-2)16(20)12-14)22-18(24)10-11-21-19(25)23-15-6-4-3-5-7-15/h3-9,12-13H,10-11H2,1-2H3,(H,22,24)(H2,21,23,25). The first-order chi connectivity index (χ1) is 12.5. The summed E-state index contributed by atoms with van der Waals surface area (Å²) >= 11 is 0. The molecule has 0 saturated heterocycles. The van der Waals surface area contributed by atoms with E-state index < -0.39 is 5.82 Å². The minimum absolute atomic E-state index is 0.116. The minimum Gasteiger partial charge on any atom is -0.494 e. The van der Waals surface area contributed by atoms with Crippen molar-refractivity contribution in [3.63, 3.8) is 0 Å². The second-order valence-corrected chi connectivity index (χ2v) is 5.68. The van der Waals surface area contributed by atoms with Gasteiger partial charge in [0, 0.05) is 18.7 Å². The van der Waals surface area contributed by atoms with Gasteiger partial charge in [0.1, 0.15) is 0 Å². The van der Waals surface area contributed by atoms with Gasteiger partial charge in [-0.2, -0.15) is 0 Å². The fourth-order valence-corrected chi connectivity index (χ4v) is 2.34. The van der Waals surface area contributed by atoms with Crippen LogP contribution in [0, 0.1) is 5.82 Å². The predicted octanol–water partition coefficient (Wildman–Crippen LogP) is 3.22. The summed E-state index contributed by atoms with van der Waals surface area (Å²) in [6, 6.07) is 12.8. The average Bonchev–Trinajstić information content (AvgIpc) is 2.62. The number of rotatable bonds is 7. The molecule has 0 spiro atoms. The molecular weight excluding hydrogens is 337 g/mol. The Bertz CT molecular complexity index is 753. The second-order valence-electron chi connectivity index (χ2n) is 5.68. The molecule has 0 fully saturated rings. The average molecular weight is 359 g/mol. The minimum atomic E-state index is -0.481. The molecule has 0 heterocycles. The molecule has 0 aliphatic rings. The molecule has 6 nitrogen and oxygen atoms in total. The third kappa shape index (κ3) is 5.77. The van der Waals surface area contributed by atoms with Crippen LogP contribution in [-0.4, -0.2) is 25.6 Å². The Morgan fingerprint density at radius 2 is 1.88 bits per heavy atom. The van der Waals surface area contributed by atoms with Crippen LogP contribution in [0.1, 0.15) is 24.9 Å². The summed E-state index contributed by atoms with van der Waals surface area (Å²) in [5, 5.41) is 8.04. The van der Waals surface area contributed by atoms with Crippen LogP contribution < -0.4 is 20.7 Å². The van der Waals surface area contributed by atoms with Crippen molar-refractivity contribution in [3.05, 3.63) is 59.9 Å². The number of anilines is 1. The van der Waals surface area contributed by atoms with Gasteiger partial charge in [-0.25, -0.2) is 9.18 Å². The highest BCUT2D eigenvalue weighted by Gasteiger charge is 2.12. The van der Waals surface area contributed by atoms with Gasteiger partial charge in [0.05, 0.1) is 13.2 Å². The molecule has 0 radical (unpaired) electrons. The summed E-state index contributed by atoms with van der Waals surface area (Å²) in [5.41, 5.74) is 1.30. The number of carbonyl (C=O) groups excluding carboxylic acids is 2.